The molecule has 0 aromatic carbocycles. The summed E-state index contributed by atoms with van der Waals surface area (Å²) < 4.78 is 40.7. The van der Waals surface area contributed by atoms with Crippen molar-refractivity contribution in [1.82, 2.24) is 9.97 Å². The fourth-order valence-electron chi connectivity index (χ4n) is 2.56. The molecule has 0 aliphatic carbocycles. The van der Waals surface area contributed by atoms with Gasteiger partial charge in [0.05, 0.1) is 19.3 Å². The van der Waals surface area contributed by atoms with Crippen molar-refractivity contribution in [2.45, 2.75) is 38.0 Å². The Balaban J connectivity index is 1.89. The number of ether oxygens (including phenoxy) is 1. The molecule has 1 fully saturated rings. The number of rotatable bonds is 7. The van der Waals surface area contributed by atoms with Crippen LogP contribution in [0.5, 0.6) is 0 Å². The van der Waals surface area contributed by atoms with Gasteiger partial charge < -0.3 is 20.1 Å². The third-order valence-electron chi connectivity index (χ3n) is 3.56. The van der Waals surface area contributed by atoms with Crippen LogP contribution in [0.3, 0.4) is 0 Å². The molecule has 0 bridgehead atoms. The highest BCUT2D eigenvalue weighted by atomic mass is 19.4. The third kappa shape index (κ3) is 5.51. The fraction of sp³-hybridized carbons (Fsp3) is 0.714. The van der Waals surface area contributed by atoms with Crippen LogP contribution in [0.4, 0.5) is 24.8 Å². The Hall–Kier alpha value is -1.61. The molecule has 23 heavy (non-hydrogen) atoms. The second-order valence-electron chi connectivity index (χ2n) is 5.61. The molecule has 1 aliphatic heterocycles. The summed E-state index contributed by atoms with van der Waals surface area (Å²) in [6, 6.07) is 1.45. The van der Waals surface area contributed by atoms with Gasteiger partial charge in [-0.2, -0.15) is 13.2 Å². The third-order valence-corrected chi connectivity index (χ3v) is 3.56. The van der Waals surface area contributed by atoms with Crippen molar-refractivity contribution in [3.63, 3.8) is 0 Å². The van der Waals surface area contributed by atoms with E-state index in [0.717, 1.165) is 19.4 Å². The monoisotopic (exact) mass is 334 g/mol. The highest BCUT2D eigenvalue weighted by Gasteiger charge is 2.28. The van der Waals surface area contributed by atoms with Crippen molar-refractivity contribution in [3.8, 4) is 0 Å². The minimum atomic E-state index is -4.32. The highest BCUT2D eigenvalue weighted by molar-refractivity contribution is 5.50. The highest BCUT2D eigenvalue weighted by Crippen LogP contribution is 2.24. The Morgan fingerprint density at radius 1 is 1.48 bits per heavy atom. The average Bonchev–Trinajstić information content (AvgIpc) is 2.94. The minimum absolute atomic E-state index is 0.0466. The van der Waals surface area contributed by atoms with Crippen LogP contribution in [-0.4, -0.2) is 59.7 Å². The molecule has 0 saturated carbocycles. The van der Waals surface area contributed by atoms with E-state index in [2.05, 4.69) is 20.0 Å². The Morgan fingerprint density at radius 3 is 2.96 bits per heavy atom. The lowest BCUT2D eigenvalue weighted by molar-refractivity contribution is -0.174. The molecule has 6 nitrogen and oxygen atoms in total. The summed E-state index contributed by atoms with van der Waals surface area (Å²) in [6.45, 7) is 1.24. The predicted molar refractivity (Wildman–Crippen MR) is 79.4 cm³/mol. The molecule has 0 spiro atoms. The van der Waals surface area contributed by atoms with Gasteiger partial charge in [-0.05, 0) is 19.8 Å². The molecule has 2 N–H and O–H groups in total. The summed E-state index contributed by atoms with van der Waals surface area (Å²) >= 11 is 0. The van der Waals surface area contributed by atoms with Gasteiger partial charge in [-0.1, -0.05) is 0 Å². The van der Waals surface area contributed by atoms with E-state index in [-0.39, 0.29) is 25.3 Å². The number of hydrogen-bond acceptors (Lipinski definition) is 6. The van der Waals surface area contributed by atoms with Crippen molar-refractivity contribution in [1.29, 1.82) is 0 Å². The Bertz CT molecular complexity index is 501. The maximum absolute atomic E-state index is 12.0. The van der Waals surface area contributed by atoms with Gasteiger partial charge in [0.25, 0.3) is 0 Å². The van der Waals surface area contributed by atoms with Crippen LogP contribution in [0.15, 0.2) is 12.4 Å². The van der Waals surface area contributed by atoms with Gasteiger partial charge in [-0.25, -0.2) is 9.97 Å². The summed E-state index contributed by atoms with van der Waals surface area (Å²) in [5.74, 6) is 1.21. The number of aliphatic hydroxyl groups excluding tert-OH is 1. The van der Waals surface area contributed by atoms with E-state index in [4.69, 9.17) is 0 Å². The lowest BCUT2D eigenvalue weighted by Crippen LogP contribution is -2.33. The fourth-order valence-corrected chi connectivity index (χ4v) is 2.56. The molecule has 2 heterocycles. The smallest absolute Gasteiger partial charge is 0.394 e. The molecular formula is C14H21F3N4O2. The van der Waals surface area contributed by atoms with Crippen LogP contribution in [-0.2, 0) is 4.74 Å². The zero-order valence-electron chi connectivity index (χ0n) is 12.9. The minimum Gasteiger partial charge on any atom is -0.394 e. The number of alkyl halides is 3. The Kier molecular flexibility index (Phi) is 6.00. The maximum atomic E-state index is 12.0. The topological polar surface area (TPSA) is 70.5 Å². The van der Waals surface area contributed by atoms with Gasteiger partial charge in [0, 0.05) is 18.7 Å². The van der Waals surface area contributed by atoms with Crippen LogP contribution in [0.2, 0.25) is 0 Å². The van der Waals surface area contributed by atoms with Crippen molar-refractivity contribution >= 4 is 11.6 Å². The van der Waals surface area contributed by atoms with Crippen molar-refractivity contribution in [2.24, 2.45) is 0 Å². The van der Waals surface area contributed by atoms with Gasteiger partial charge in [0.2, 0.25) is 0 Å². The largest absolute Gasteiger partial charge is 0.411 e. The Morgan fingerprint density at radius 2 is 2.26 bits per heavy atom. The van der Waals surface area contributed by atoms with Crippen LogP contribution < -0.4 is 10.2 Å². The quantitative estimate of drug-likeness (QED) is 0.793. The van der Waals surface area contributed by atoms with Crippen LogP contribution in [0.25, 0.3) is 0 Å². The van der Waals surface area contributed by atoms with E-state index in [9.17, 15) is 18.3 Å². The standard InChI is InChI=1S/C14H21F3N4O2/c1-10(7-23-8-14(15,16)17)20-12-5-13(19-9-18-12)21-4-2-3-11(21)6-22/h5,9-11,22H,2-4,6-8H2,1H3,(H,18,19,20)/t10-,11-/m1/s1. The number of halogens is 3. The molecule has 1 saturated heterocycles. The molecule has 1 aromatic rings. The van der Waals surface area contributed by atoms with Gasteiger partial charge >= 0.3 is 6.18 Å². The zero-order chi connectivity index (χ0) is 16.9. The van der Waals surface area contributed by atoms with Gasteiger partial charge in [-0.15, -0.1) is 0 Å². The molecule has 9 heteroatoms. The molecule has 2 atom stereocenters. The molecule has 0 unspecified atom stereocenters. The first-order valence-electron chi connectivity index (χ1n) is 7.49. The summed E-state index contributed by atoms with van der Waals surface area (Å²) in [7, 11) is 0. The lowest BCUT2D eigenvalue weighted by Gasteiger charge is -2.24. The average molecular weight is 334 g/mol. The van der Waals surface area contributed by atoms with E-state index in [1.165, 1.54) is 6.33 Å². The summed E-state index contributed by atoms with van der Waals surface area (Å²) in [4.78, 5) is 10.3. The second kappa shape index (κ2) is 7.78. The zero-order valence-corrected chi connectivity index (χ0v) is 12.9. The molecular weight excluding hydrogens is 313 g/mol. The van der Waals surface area contributed by atoms with Gasteiger partial charge in [-0.3, -0.25) is 0 Å². The van der Waals surface area contributed by atoms with Gasteiger partial charge in [0.1, 0.15) is 24.6 Å². The summed E-state index contributed by atoms with van der Waals surface area (Å²) in [5, 5.41) is 12.4. The van der Waals surface area contributed by atoms with Crippen LogP contribution in [0.1, 0.15) is 19.8 Å². The van der Waals surface area contributed by atoms with Crippen molar-refractivity contribution < 1.29 is 23.0 Å². The molecule has 130 valence electrons. The van der Waals surface area contributed by atoms with E-state index in [1.807, 2.05) is 4.90 Å². The number of aliphatic hydroxyl groups is 1. The van der Waals surface area contributed by atoms with E-state index in [0.29, 0.717) is 11.6 Å². The van der Waals surface area contributed by atoms with E-state index in [1.54, 1.807) is 13.0 Å². The molecule has 1 aliphatic rings. The van der Waals surface area contributed by atoms with Crippen LogP contribution in [0, 0.1) is 0 Å². The Labute approximate surface area is 132 Å². The number of hydrogen-bond donors (Lipinski definition) is 2. The van der Waals surface area contributed by atoms with Crippen molar-refractivity contribution in [3.05, 3.63) is 12.4 Å². The predicted octanol–water partition coefficient (Wildman–Crippen LogP) is 1.82. The first kappa shape index (κ1) is 17.7. The van der Waals surface area contributed by atoms with Crippen molar-refractivity contribution in [2.75, 3.05) is 36.6 Å². The summed E-state index contributed by atoms with van der Waals surface area (Å²) in [5.41, 5.74) is 0. The number of nitrogens with one attached hydrogen (secondary N) is 1. The van der Waals surface area contributed by atoms with E-state index < -0.39 is 12.8 Å². The first-order valence-corrected chi connectivity index (χ1v) is 7.49. The van der Waals surface area contributed by atoms with Gasteiger partial charge in [0.15, 0.2) is 0 Å². The number of anilines is 2. The molecule has 0 amide bonds. The first-order chi connectivity index (χ1) is 10.9. The molecule has 2 rings (SSSR count). The normalized spacial score (nSPS) is 19.9. The van der Waals surface area contributed by atoms with Crippen LogP contribution >= 0.6 is 0 Å². The number of aromatic nitrogens is 2. The second-order valence-corrected chi connectivity index (χ2v) is 5.61. The maximum Gasteiger partial charge on any atom is 0.411 e. The summed E-state index contributed by atoms with van der Waals surface area (Å²) in [6.07, 6.45) is -1.03. The SMILES string of the molecule is C[C@H](COCC(F)(F)F)Nc1cc(N2CCC[C@@H]2CO)ncn1. The van der Waals surface area contributed by atoms with E-state index >= 15 is 0 Å². The lowest BCUT2D eigenvalue weighted by atomic mass is 10.2. The number of nitrogens with zero attached hydrogens (tertiary/aromatic N) is 3. The molecule has 0 radical (unpaired) electrons. The molecule has 1 aromatic heterocycles.